The van der Waals surface area contributed by atoms with Crippen LogP contribution in [-0.4, -0.2) is 24.9 Å². The molecule has 1 aliphatic heterocycles. The molecule has 2 amide bonds. The van der Waals surface area contributed by atoms with E-state index in [-0.39, 0.29) is 23.0 Å². The van der Waals surface area contributed by atoms with Gasteiger partial charge in [0.1, 0.15) is 5.58 Å². The lowest BCUT2D eigenvalue weighted by molar-refractivity contribution is -0.117. The number of nitrogens with one attached hydrogen (secondary N) is 1. The van der Waals surface area contributed by atoms with E-state index in [1.54, 1.807) is 53.4 Å². The van der Waals surface area contributed by atoms with E-state index in [1.807, 2.05) is 0 Å². The van der Waals surface area contributed by atoms with Gasteiger partial charge < -0.3 is 14.6 Å². The number of nitrogens with zero attached hydrogens (tertiary/aromatic N) is 1. The van der Waals surface area contributed by atoms with Gasteiger partial charge in [0.25, 0.3) is 5.91 Å². The molecule has 1 N–H and O–H groups in total. The first kappa shape index (κ1) is 18.3. The van der Waals surface area contributed by atoms with Gasteiger partial charge in [-0.3, -0.25) is 14.4 Å². The molecule has 0 bridgehead atoms. The zero-order valence-electron chi connectivity index (χ0n) is 14.9. The van der Waals surface area contributed by atoms with Crippen molar-refractivity contribution in [1.29, 1.82) is 0 Å². The summed E-state index contributed by atoms with van der Waals surface area (Å²) in [7, 11) is 0. The highest BCUT2D eigenvalue weighted by atomic mass is 35.5. The lowest BCUT2D eigenvalue weighted by Crippen LogP contribution is -2.31. The highest BCUT2D eigenvalue weighted by molar-refractivity contribution is 6.30. The molecule has 2 aromatic carbocycles. The normalized spacial score (nSPS) is 16.5. The number of hydrogen-bond acceptors (Lipinski definition) is 4. The van der Waals surface area contributed by atoms with Gasteiger partial charge in [-0.15, -0.1) is 0 Å². The third-order valence-electron chi connectivity index (χ3n) is 4.75. The summed E-state index contributed by atoms with van der Waals surface area (Å²) in [6.07, 6.45) is 0.338. The number of rotatable bonds is 4. The van der Waals surface area contributed by atoms with Crippen LogP contribution in [0, 0.1) is 5.92 Å². The van der Waals surface area contributed by atoms with Gasteiger partial charge in [-0.25, -0.2) is 0 Å². The fraction of sp³-hybridized carbons (Fsp3) is 0.190. The number of carbonyl (C=O) groups excluding carboxylic acids is 2. The molecule has 3 aromatic rings. The van der Waals surface area contributed by atoms with Gasteiger partial charge in [-0.1, -0.05) is 23.7 Å². The topological polar surface area (TPSA) is 79.6 Å². The Kier molecular flexibility index (Phi) is 4.88. The average Bonchev–Trinajstić information content (AvgIpc) is 3.07. The summed E-state index contributed by atoms with van der Waals surface area (Å²) in [5.74, 6) is -0.541. The molecular formula is C21H17ClN2O4. The monoisotopic (exact) mass is 396 g/mol. The van der Waals surface area contributed by atoms with Crippen LogP contribution >= 0.6 is 11.6 Å². The Hall–Kier alpha value is -3.12. The standard InChI is InChI=1S/C21H17ClN2O4/c22-14-5-7-15(8-6-14)24-12-13(9-20(24)26)11-23-21(27)19-10-17(25)16-3-1-2-4-18(16)28-19/h1-8,10,13H,9,11-12H2,(H,23,27). The van der Waals surface area contributed by atoms with Crippen molar-refractivity contribution < 1.29 is 14.0 Å². The molecule has 4 rings (SSSR count). The number of carbonyl (C=O) groups is 2. The third-order valence-corrected chi connectivity index (χ3v) is 5.01. The summed E-state index contributed by atoms with van der Waals surface area (Å²) in [4.78, 5) is 38.5. The van der Waals surface area contributed by atoms with Crippen LogP contribution < -0.4 is 15.6 Å². The van der Waals surface area contributed by atoms with Crippen LogP contribution in [0.3, 0.4) is 0 Å². The molecule has 1 aromatic heterocycles. The first-order valence-corrected chi connectivity index (χ1v) is 9.26. The van der Waals surface area contributed by atoms with Gasteiger partial charge in [0.2, 0.25) is 5.91 Å². The Balaban J connectivity index is 1.42. The van der Waals surface area contributed by atoms with Crippen LogP contribution in [-0.2, 0) is 4.79 Å². The quantitative estimate of drug-likeness (QED) is 0.734. The van der Waals surface area contributed by atoms with E-state index in [0.717, 1.165) is 5.69 Å². The fourth-order valence-corrected chi connectivity index (χ4v) is 3.45. The Morgan fingerprint density at radius 3 is 2.68 bits per heavy atom. The van der Waals surface area contributed by atoms with E-state index in [1.165, 1.54) is 6.07 Å². The highest BCUT2D eigenvalue weighted by Crippen LogP contribution is 2.26. The maximum Gasteiger partial charge on any atom is 0.287 e. The van der Waals surface area contributed by atoms with Crippen LogP contribution in [0.1, 0.15) is 17.0 Å². The van der Waals surface area contributed by atoms with E-state index in [0.29, 0.717) is 35.5 Å². The second kappa shape index (κ2) is 7.48. The van der Waals surface area contributed by atoms with Gasteiger partial charge in [-0.2, -0.15) is 0 Å². The van der Waals surface area contributed by atoms with Crippen molar-refractivity contribution in [3.63, 3.8) is 0 Å². The van der Waals surface area contributed by atoms with Crippen LogP contribution in [0.15, 0.2) is 63.8 Å². The minimum atomic E-state index is -0.472. The number of benzene rings is 2. The lowest BCUT2D eigenvalue weighted by Gasteiger charge is -2.17. The summed E-state index contributed by atoms with van der Waals surface area (Å²) >= 11 is 5.89. The lowest BCUT2D eigenvalue weighted by atomic mass is 10.1. The molecule has 6 nitrogen and oxygen atoms in total. The molecule has 7 heteroatoms. The van der Waals surface area contributed by atoms with Crippen molar-refractivity contribution in [3.05, 3.63) is 75.6 Å². The predicted molar refractivity (Wildman–Crippen MR) is 107 cm³/mol. The zero-order valence-corrected chi connectivity index (χ0v) is 15.6. The number of anilines is 1. The summed E-state index contributed by atoms with van der Waals surface area (Å²) in [5, 5.41) is 3.80. The van der Waals surface area contributed by atoms with Crippen LogP contribution in [0.2, 0.25) is 5.02 Å². The molecule has 0 saturated carbocycles. The van der Waals surface area contributed by atoms with Gasteiger partial charge >= 0.3 is 0 Å². The van der Waals surface area contributed by atoms with E-state index >= 15 is 0 Å². The average molecular weight is 397 g/mol. The van der Waals surface area contributed by atoms with Crippen molar-refractivity contribution in [1.82, 2.24) is 5.32 Å². The Morgan fingerprint density at radius 2 is 1.89 bits per heavy atom. The molecule has 142 valence electrons. The number of amides is 2. The van der Waals surface area contributed by atoms with E-state index in [2.05, 4.69) is 5.32 Å². The Bertz CT molecular complexity index is 1110. The predicted octanol–water partition coefficient (Wildman–Crippen LogP) is 3.23. The maximum absolute atomic E-state index is 12.4. The minimum Gasteiger partial charge on any atom is -0.451 e. The van der Waals surface area contributed by atoms with E-state index < -0.39 is 5.91 Å². The molecule has 0 aliphatic carbocycles. The van der Waals surface area contributed by atoms with Gasteiger partial charge in [0, 0.05) is 42.2 Å². The number of halogens is 1. The number of hydrogen-bond donors (Lipinski definition) is 1. The number of para-hydroxylation sites is 1. The molecule has 1 atom stereocenters. The van der Waals surface area contributed by atoms with Gasteiger partial charge in [0.05, 0.1) is 5.39 Å². The second-order valence-corrected chi connectivity index (χ2v) is 7.17. The molecular weight excluding hydrogens is 380 g/mol. The molecule has 0 spiro atoms. The summed E-state index contributed by atoms with van der Waals surface area (Å²) in [6.45, 7) is 0.813. The first-order valence-electron chi connectivity index (χ1n) is 8.88. The third kappa shape index (κ3) is 3.64. The summed E-state index contributed by atoms with van der Waals surface area (Å²) in [6, 6.07) is 15.0. The van der Waals surface area contributed by atoms with Crippen LogP contribution in [0.5, 0.6) is 0 Å². The van der Waals surface area contributed by atoms with Crippen molar-refractivity contribution in [3.8, 4) is 0 Å². The second-order valence-electron chi connectivity index (χ2n) is 6.73. The van der Waals surface area contributed by atoms with Crippen LogP contribution in [0.4, 0.5) is 5.69 Å². The smallest absolute Gasteiger partial charge is 0.287 e. The minimum absolute atomic E-state index is 0.00110. The molecule has 28 heavy (non-hydrogen) atoms. The SMILES string of the molecule is O=C(NCC1CC(=O)N(c2ccc(Cl)cc2)C1)c1cc(=O)c2ccccc2o1. The number of fused-ring (bicyclic) bond motifs is 1. The maximum atomic E-state index is 12.4. The largest absolute Gasteiger partial charge is 0.451 e. The van der Waals surface area contributed by atoms with Crippen LogP contribution in [0.25, 0.3) is 11.0 Å². The Labute approximate surface area is 165 Å². The molecule has 1 aliphatic rings. The first-order chi connectivity index (χ1) is 13.5. The van der Waals surface area contributed by atoms with Crippen molar-refractivity contribution in [2.75, 3.05) is 18.0 Å². The van der Waals surface area contributed by atoms with E-state index in [4.69, 9.17) is 16.0 Å². The zero-order chi connectivity index (χ0) is 19.7. The molecule has 1 unspecified atom stereocenters. The molecule has 1 fully saturated rings. The van der Waals surface area contributed by atoms with E-state index in [9.17, 15) is 14.4 Å². The Morgan fingerprint density at radius 1 is 1.14 bits per heavy atom. The van der Waals surface area contributed by atoms with Gasteiger partial charge in [-0.05, 0) is 36.4 Å². The van der Waals surface area contributed by atoms with Gasteiger partial charge in [0.15, 0.2) is 11.2 Å². The van der Waals surface area contributed by atoms with Crippen molar-refractivity contribution >= 4 is 40.1 Å². The van der Waals surface area contributed by atoms with Crippen molar-refractivity contribution in [2.45, 2.75) is 6.42 Å². The summed E-state index contributed by atoms with van der Waals surface area (Å²) in [5.41, 5.74) is 0.880. The highest BCUT2D eigenvalue weighted by Gasteiger charge is 2.31. The fourth-order valence-electron chi connectivity index (χ4n) is 3.33. The van der Waals surface area contributed by atoms with Crippen molar-refractivity contribution in [2.24, 2.45) is 5.92 Å². The summed E-state index contributed by atoms with van der Waals surface area (Å²) < 4.78 is 5.54. The molecule has 1 saturated heterocycles. The molecule has 2 heterocycles. The molecule has 0 radical (unpaired) electrons.